The highest BCUT2D eigenvalue weighted by atomic mass is 16.5. The van der Waals surface area contributed by atoms with Gasteiger partial charge in [-0.3, -0.25) is 14.4 Å². The monoisotopic (exact) mass is 344 g/mol. The summed E-state index contributed by atoms with van der Waals surface area (Å²) >= 11 is 0. The van der Waals surface area contributed by atoms with Gasteiger partial charge in [0.05, 0.1) is 18.8 Å². The number of methoxy groups -OCH3 is 1. The molecule has 8 heteroatoms. The Labute approximate surface area is 144 Å². The number of amides is 2. The van der Waals surface area contributed by atoms with Crippen molar-refractivity contribution in [2.24, 2.45) is 0 Å². The summed E-state index contributed by atoms with van der Waals surface area (Å²) in [6, 6.07) is 7.36. The minimum Gasteiger partial charge on any atom is -0.495 e. The van der Waals surface area contributed by atoms with Crippen LogP contribution in [0.25, 0.3) is 0 Å². The Morgan fingerprint density at radius 1 is 1.16 bits per heavy atom. The van der Waals surface area contributed by atoms with E-state index in [9.17, 15) is 14.4 Å². The molecule has 0 atom stereocenters. The second-order valence-electron chi connectivity index (χ2n) is 5.65. The molecule has 2 amide bonds. The molecule has 25 heavy (non-hydrogen) atoms. The van der Waals surface area contributed by atoms with Crippen LogP contribution in [-0.2, 0) is 4.79 Å². The molecule has 0 aliphatic rings. The minimum absolute atomic E-state index is 0.0975. The average Bonchev–Trinajstić information content (AvgIpc) is 2.54. The number of nitrogens with zero attached hydrogens (tertiary/aromatic N) is 2. The molecule has 0 spiro atoms. The van der Waals surface area contributed by atoms with Crippen molar-refractivity contribution in [1.82, 2.24) is 9.78 Å². The van der Waals surface area contributed by atoms with Crippen molar-refractivity contribution in [3.8, 4) is 5.75 Å². The predicted octanol–water partition coefficient (Wildman–Crippen LogP) is 2.04. The van der Waals surface area contributed by atoms with Gasteiger partial charge in [-0.2, -0.15) is 5.10 Å². The second-order valence-corrected chi connectivity index (χ2v) is 5.65. The van der Waals surface area contributed by atoms with E-state index in [4.69, 9.17) is 4.74 Å². The van der Waals surface area contributed by atoms with Gasteiger partial charge in [0.2, 0.25) is 5.91 Å². The molecule has 0 fully saturated rings. The molecule has 8 nitrogen and oxygen atoms in total. The third-order valence-electron chi connectivity index (χ3n) is 3.31. The largest absolute Gasteiger partial charge is 0.495 e. The highest BCUT2D eigenvalue weighted by molar-refractivity contribution is 6.04. The van der Waals surface area contributed by atoms with Gasteiger partial charge in [0.15, 0.2) is 0 Å². The molecule has 0 radical (unpaired) electrons. The highest BCUT2D eigenvalue weighted by Crippen LogP contribution is 2.28. The van der Waals surface area contributed by atoms with Gasteiger partial charge in [-0.15, -0.1) is 0 Å². The summed E-state index contributed by atoms with van der Waals surface area (Å²) in [5.74, 6) is -0.291. The second kappa shape index (κ2) is 7.61. The molecular weight excluding hydrogens is 324 g/mol. The maximum absolute atomic E-state index is 12.5. The number of nitrogens with one attached hydrogen (secondary N) is 2. The van der Waals surface area contributed by atoms with Crippen LogP contribution >= 0.6 is 0 Å². The number of ether oxygens (including phenoxy) is 1. The molecule has 1 heterocycles. The lowest BCUT2D eigenvalue weighted by atomic mass is 10.2. The minimum atomic E-state index is -0.493. The highest BCUT2D eigenvalue weighted by Gasteiger charge is 2.14. The van der Waals surface area contributed by atoms with Gasteiger partial charge in [-0.05, 0) is 38.1 Å². The molecule has 0 bridgehead atoms. The van der Waals surface area contributed by atoms with E-state index in [-0.39, 0.29) is 23.2 Å². The maximum Gasteiger partial charge on any atom is 0.276 e. The van der Waals surface area contributed by atoms with Crippen molar-refractivity contribution in [3.05, 3.63) is 46.4 Å². The molecule has 132 valence electrons. The van der Waals surface area contributed by atoms with Gasteiger partial charge in [-0.1, -0.05) is 0 Å². The number of hydrogen-bond acceptors (Lipinski definition) is 5. The number of carbonyl (C=O) groups excluding carboxylic acids is 2. The zero-order chi connectivity index (χ0) is 18.6. The topological polar surface area (TPSA) is 102 Å². The Morgan fingerprint density at radius 3 is 2.48 bits per heavy atom. The van der Waals surface area contributed by atoms with Crippen molar-refractivity contribution >= 4 is 23.2 Å². The average molecular weight is 344 g/mol. The van der Waals surface area contributed by atoms with Crippen molar-refractivity contribution in [3.63, 3.8) is 0 Å². The Bertz CT molecular complexity index is 858. The standard InChI is InChI=1S/C17H20N4O4/c1-10(2)21-16(23)8-6-13(20-21)17(24)19-14-9-12(18-11(3)22)5-7-15(14)25-4/h5-10H,1-4H3,(H,18,22)(H,19,24). The van der Waals surface area contributed by atoms with Gasteiger partial charge in [0, 0.05) is 18.7 Å². The quantitative estimate of drug-likeness (QED) is 0.864. The van der Waals surface area contributed by atoms with Crippen LogP contribution in [0.3, 0.4) is 0 Å². The lowest BCUT2D eigenvalue weighted by Crippen LogP contribution is -2.27. The van der Waals surface area contributed by atoms with Crippen LogP contribution in [0.4, 0.5) is 11.4 Å². The first kappa shape index (κ1) is 18.2. The predicted molar refractivity (Wildman–Crippen MR) is 94.1 cm³/mol. The van der Waals surface area contributed by atoms with Crippen LogP contribution in [0.15, 0.2) is 35.1 Å². The fourth-order valence-electron chi connectivity index (χ4n) is 2.19. The summed E-state index contributed by atoms with van der Waals surface area (Å²) in [6.07, 6.45) is 0. The summed E-state index contributed by atoms with van der Waals surface area (Å²) in [6.45, 7) is 4.99. The van der Waals surface area contributed by atoms with E-state index in [2.05, 4.69) is 15.7 Å². The summed E-state index contributed by atoms with van der Waals surface area (Å²) < 4.78 is 6.46. The Kier molecular flexibility index (Phi) is 5.53. The van der Waals surface area contributed by atoms with Gasteiger partial charge in [0.25, 0.3) is 11.5 Å². The van der Waals surface area contributed by atoms with Gasteiger partial charge in [0.1, 0.15) is 11.4 Å². The van der Waals surface area contributed by atoms with Crippen LogP contribution in [0, 0.1) is 0 Å². The molecular formula is C17H20N4O4. The SMILES string of the molecule is COc1ccc(NC(C)=O)cc1NC(=O)c1ccc(=O)n(C(C)C)n1. The van der Waals surface area contributed by atoms with E-state index in [1.54, 1.807) is 32.0 Å². The van der Waals surface area contributed by atoms with Crippen LogP contribution in [0.2, 0.25) is 0 Å². The lowest BCUT2D eigenvalue weighted by Gasteiger charge is -2.13. The molecule has 2 aromatic rings. The maximum atomic E-state index is 12.5. The van der Waals surface area contributed by atoms with Gasteiger partial charge >= 0.3 is 0 Å². The van der Waals surface area contributed by atoms with E-state index in [1.165, 1.54) is 30.8 Å². The van der Waals surface area contributed by atoms with Crippen molar-refractivity contribution in [2.45, 2.75) is 26.8 Å². The summed E-state index contributed by atoms with van der Waals surface area (Å²) in [5, 5.41) is 9.39. The van der Waals surface area contributed by atoms with Crippen molar-refractivity contribution in [2.75, 3.05) is 17.7 Å². The zero-order valence-corrected chi connectivity index (χ0v) is 14.5. The van der Waals surface area contributed by atoms with Gasteiger partial charge in [-0.25, -0.2) is 4.68 Å². The van der Waals surface area contributed by atoms with Gasteiger partial charge < -0.3 is 15.4 Å². The molecule has 1 aromatic heterocycles. The number of benzene rings is 1. The first-order valence-electron chi connectivity index (χ1n) is 7.68. The van der Waals surface area contributed by atoms with Crippen LogP contribution in [0.5, 0.6) is 5.75 Å². The summed E-state index contributed by atoms with van der Waals surface area (Å²) in [7, 11) is 1.47. The number of carbonyl (C=O) groups is 2. The molecule has 2 rings (SSSR count). The van der Waals surface area contributed by atoms with Crippen LogP contribution in [0.1, 0.15) is 37.3 Å². The molecule has 0 aliphatic carbocycles. The van der Waals surface area contributed by atoms with Crippen molar-refractivity contribution < 1.29 is 14.3 Å². The zero-order valence-electron chi connectivity index (χ0n) is 14.5. The molecule has 0 saturated carbocycles. The Balaban J connectivity index is 2.32. The molecule has 0 saturated heterocycles. The summed E-state index contributed by atoms with van der Waals surface area (Å²) in [4.78, 5) is 35.4. The first-order chi connectivity index (χ1) is 11.8. The molecule has 2 N–H and O–H groups in total. The number of hydrogen-bond donors (Lipinski definition) is 2. The summed E-state index contributed by atoms with van der Waals surface area (Å²) in [5.41, 5.74) is 0.712. The third-order valence-corrected chi connectivity index (χ3v) is 3.31. The number of rotatable bonds is 5. The first-order valence-corrected chi connectivity index (χ1v) is 7.68. The normalized spacial score (nSPS) is 10.4. The third kappa shape index (κ3) is 4.43. The fourth-order valence-corrected chi connectivity index (χ4v) is 2.19. The number of anilines is 2. The fraction of sp³-hybridized carbons (Fsp3) is 0.294. The van der Waals surface area contributed by atoms with E-state index in [0.717, 1.165) is 0 Å². The molecule has 1 aromatic carbocycles. The lowest BCUT2D eigenvalue weighted by molar-refractivity contribution is -0.114. The van der Waals surface area contributed by atoms with E-state index in [0.29, 0.717) is 17.1 Å². The van der Waals surface area contributed by atoms with Crippen LogP contribution in [-0.4, -0.2) is 28.7 Å². The van der Waals surface area contributed by atoms with Crippen molar-refractivity contribution in [1.29, 1.82) is 0 Å². The van der Waals surface area contributed by atoms with E-state index in [1.807, 2.05) is 0 Å². The molecule has 0 unspecified atom stereocenters. The Hall–Kier alpha value is -3.16. The van der Waals surface area contributed by atoms with E-state index < -0.39 is 5.91 Å². The smallest absolute Gasteiger partial charge is 0.276 e. The Morgan fingerprint density at radius 2 is 1.88 bits per heavy atom. The molecule has 0 aliphatic heterocycles. The van der Waals surface area contributed by atoms with E-state index >= 15 is 0 Å². The number of aromatic nitrogens is 2. The van der Waals surface area contributed by atoms with Crippen LogP contribution < -0.4 is 20.9 Å².